The van der Waals surface area contributed by atoms with Gasteiger partial charge >= 0.3 is 0 Å². The molecule has 0 aromatic heterocycles. The molecule has 148 valence electrons. The summed E-state index contributed by atoms with van der Waals surface area (Å²) in [6, 6.07) is 6.68. The number of aliphatic hydroxyl groups excluding tert-OH is 1. The number of alkyl halides is 2. The van der Waals surface area contributed by atoms with Crippen LogP contribution in [0.15, 0.2) is 36.0 Å². The molecule has 0 amide bonds. The first-order valence-electron chi connectivity index (χ1n) is 9.16. The van der Waals surface area contributed by atoms with Gasteiger partial charge in [-0.25, -0.2) is 8.78 Å². The van der Waals surface area contributed by atoms with E-state index in [0.29, 0.717) is 11.5 Å². The van der Waals surface area contributed by atoms with E-state index in [1.807, 2.05) is 19.9 Å². The van der Waals surface area contributed by atoms with E-state index in [4.69, 9.17) is 9.47 Å². The van der Waals surface area contributed by atoms with Crippen molar-refractivity contribution in [3.8, 4) is 11.5 Å². The molecule has 1 aromatic rings. The lowest BCUT2D eigenvalue weighted by molar-refractivity contribution is 0.0804. The van der Waals surface area contributed by atoms with E-state index in [1.165, 1.54) is 32.2 Å². The minimum absolute atomic E-state index is 0.179. The fourth-order valence-corrected chi connectivity index (χ4v) is 3.04. The maximum absolute atomic E-state index is 11.8. The maximum atomic E-state index is 11.8. The molecule has 1 aliphatic carbocycles. The molecule has 0 bridgehead atoms. The number of benzene rings is 1. The van der Waals surface area contributed by atoms with Crippen molar-refractivity contribution < 1.29 is 23.4 Å². The molecule has 4 nitrogen and oxygen atoms in total. The van der Waals surface area contributed by atoms with Gasteiger partial charge in [0.2, 0.25) is 0 Å². The lowest BCUT2D eigenvalue weighted by Crippen LogP contribution is -2.20. The topological polar surface area (TPSA) is 41.9 Å². The third-order valence-electron chi connectivity index (χ3n) is 4.28. The average molecular weight is 371 g/mol. The number of hydrogen-bond acceptors (Lipinski definition) is 4. The Morgan fingerprint density at radius 1 is 1.15 bits per heavy atom. The summed E-state index contributed by atoms with van der Waals surface area (Å²) in [4.78, 5) is 2.27. The van der Waals surface area contributed by atoms with E-state index in [9.17, 15) is 13.9 Å². The van der Waals surface area contributed by atoms with E-state index in [2.05, 4.69) is 11.9 Å². The zero-order valence-electron chi connectivity index (χ0n) is 16.1. The highest BCUT2D eigenvalue weighted by Crippen LogP contribution is 2.34. The third kappa shape index (κ3) is 6.83. The van der Waals surface area contributed by atoms with Gasteiger partial charge < -0.3 is 19.5 Å². The van der Waals surface area contributed by atoms with Crippen LogP contribution in [0.25, 0.3) is 0 Å². The average Bonchev–Trinajstić information content (AvgIpc) is 3.03. The van der Waals surface area contributed by atoms with Crippen LogP contribution in [-0.2, 0) is 0 Å². The first-order chi connectivity index (χ1) is 12.5. The number of methoxy groups -OCH3 is 1. The van der Waals surface area contributed by atoms with Gasteiger partial charge in [-0.1, -0.05) is 26.0 Å². The number of likely N-dealkylation sites (tertiary alicyclic amines) is 1. The summed E-state index contributed by atoms with van der Waals surface area (Å²) < 4.78 is 33.3. The van der Waals surface area contributed by atoms with Gasteiger partial charge in [-0.15, -0.1) is 0 Å². The van der Waals surface area contributed by atoms with Crippen molar-refractivity contribution in [2.75, 3.05) is 27.3 Å². The van der Waals surface area contributed by atoms with E-state index in [0.717, 1.165) is 12.3 Å². The van der Waals surface area contributed by atoms with E-state index in [1.54, 1.807) is 24.3 Å². The summed E-state index contributed by atoms with van der Waals surface area (Å²) in [6.45, 7) is 4.56. The molecular weight excluding hydrogens is 340 g/mol. The molecule has 2 aliphatic rings. The van der Waals surface area contributed by atoms with Gasteiger partial charge in [0.15, 0.2) is 11.5 Å². The summed E-state index contributed by atoms with van der Waals surface area (Å²) in [7, 11) is 3.58. The third-order valence-corrected chi connectivity index (χ3v) is 4.28. The van der Waals surface area contributed by atoms with E-state index < -0.39 is 13.0 Å². The highest BCUT2D eigenvalue weighted by atomic mass is 19.3. The quantitative estimate of drug-likeness (QED) is 0.855. The Morgan fingerprint density at radius 2 is 1.81 bits per heavy atom. The second-order valence-corrected chi connectivity index (χ2v) is 6.00. The molecule has 2 unspecified atom stereocenters. The number of ether oxygens (including phenoxy) is 2. The summed E-state index contributed by atoms with van der Waals surface area (Å²) in [5.74, 6) is 1.55. The van der Waals surface area contributed by atoms with Crippen molar-refractivity contribution in [2.45, 2.75) is 45.6 Å². The fraction of sp³-hybridized carbons (Fsp3) is 0.600. The SMILES string of the molecule is CC.CN1CCC2CCC(O)C=C21.COc1ccccc1OCC(F)F. The Bertz CT molecular complexity index is 552. The molecule has 1 fully saturated rings. The van der Waals surface area contributed by atoms with E-state index in [-0.39, 0.29) is 6.10 Å². The zero-order valence-corrected chi connectivity index (χ0v) is 16.1. The molecule has 1 aliphatic heterocycles. The van der Waals surface area contributed by atoms with Crippen LogP contribution in [0.5, 0.6) is 11.5 Å². The highest BCUT2D eigenvalue weighted by Gasteiger charge is 2.29. The predicted molar refractivity (Wildman–Crippen MR) is 99.9 cm³/mol. The van der Waals surface area contributed by atoms with Crippen molar-refractivity contribution in [2.24, 2.45) is 5.92 Å². The molecule has 0 saturated carbocycles. The van der Waals surface area contributed by atoms with Crippen LogP contribution in [0.4, 0.5) is 8.78 Å². The highest BCUT2D eigenvalue weighted by molar-refractivity contribution is 5.39. The largest absolute Gasteiger partial charge is 0.493 e. The second kappa shape index (κ2) is 11.7. The molecular formula is C20H31F2NO3. The Balaban J connectivity index is 0.000000239. The van der Waals surface area contributed by atoms with Crippen LogP contribution < -0.4 is 9.47 Å². The van der Waals surface area contributed by atoms with Gasteiger partial charge in [0.1, 0.15) is 6.61 Å². The first kappa shape index (κ1) is 22.2. The van der Waals surface area contributed by atoms with Crippen LogP contribution in [0.1, 0.15) is 33.1 Å². The molecule has 6 heteroatoms. The lowest BCUT2D eigenvalue weighted by Gasteiger charge is -2.24. The molecule has 1 N–H and O–H groups in total. The summed E-state index contributed by atoms with van der Waals surface area (Å²) >= 11 is 0. The Kier molecular flexibility index (Phi) is 10.0. The van der Waals surface area contributed by atoms with Gasteiger partial charge in [-0.05, 0) is 37.5 Å². The predicted octanol–water partition coefficient (Wildman–Crippen LogP) is 4.34. The van der Waals surface area contributed by atoms with Crippen LogP contribution in [0.3, 0.4) is 0 Å². The zero-order chi connectivity index (χ0) is 19.5. The van der Waals surface area contributed by atoms with Crippen LogP contribution in [-0.4, -0.2) is 49.8 Å². The fourth-order valence-electron chi connectivity index (χ4n) is 3.04. The second-order valence-electron chi connectivity index (χ2n) is 6.00. The van der Waals surface area contributed by atoms with Gasteiger partial charge in [-0.3, -0.25) is 0 Å². The van der Waals surface area contributed by atoms with Crippen LogP contribution >= 0.6 is 0 Å². The summed E-state index contributed by atoms with van der Waals surface area (Å²) in [5, 5.41) is 9.37. The number of halogens is 2. The number of rotatable bonds is 4. The van der Waals surface area contributed by atoms with Crippen LogP contribution in [0, 0.1) is 5.92 Å². The molecule has 0 radical (unpaired) electrons. The number of nitrogens with zero attached hydrogens (tertiary/aromatic N) is 1. The molecule has 1 aromatic carbocycles. The van der Waals surface area contributed by atoms with Crippen molar-refractivity contribution in [3.63, 3.8) is 0 Å². The number of aliphatic hydroxyl groups is 1. The Morgan fingerprint density at radius 3 is 2.42 bits per heavy atom. The summed E-state index contributed by atoms with van der Waals surface area (Å²) in [5.41, 5.74) is 1.38. The van der Waals surface area contributed by atoms with Crippen molar-refractivity contribution in [3.05, 3.63) is 36.0 Å². The summed E-state index contributed by atoms with van der Waals surface area (Å²) in [6.07, 6.45) is 2.81. The van der Waals surface area contributed by atoms with Crippen molar-refractivity contribution >= 4 is 0 Å². The van der Waals surface area contributed by atoms with Crippen molar-refractivity contribution in [1.82, 2.24) is 4.90 Å². The Labute approximate surface area is 155 Å². The molecule has 1 saturated heterocycles. The first-order valence-corrected chi connectivity index (χ1v) is 9.16. The van der Waals surface area contributed by atoms with Gasteiger partial charge in [0, 0.05) is 25.2 Å². The minimum Gasteiger partial charge on any atom is -0.493 e. The normalized spacial score (nSPS) is 20.9. The van der Waals surface area contributed by atoms with Gasteiger partial charge in [0.25, 0.3) is 6.43 Å². The maximum Gasteiger partial charge on any atom is 0.272 e. The Hall–Kier alpha value is -1.82. The van der Waals surface area contributed by atoms with E-state index >= 15 is 0 Å². The van der Waals surface area contributed by atoms with Gasteiger partial charge in [0.05, 0.1) is 13.2 Å². The minimum atomic E-state index is -2.47. The van der Waals surface area contributed by atoms with Crippen molar-refractivity contribution in [1.29, 1.82) is 0 Å². The smallest absolute Gasteiger partial charge is 0.272 e. The molecule has 0 spiro atoms. The molecule has 26 heavy (non-hydrogen) atoms. The molecule has 1 heterocycles. The van der Waals surface area contributed by atoms with Crippen LogP contribution in [0.2, 0.25) is 0 Å². The number of allylic oxidation sites excluding steroid dienone is 1. The van der Waals surface area contributed by atoms with Gasteiger partial charge in [-0.2, -0.15) is 0 Å². The number of hydrogen-bond donors (Lipinski definition) is 1. The number of fused-ring (bicyclic) bond motifs is 1. The monoisotopic (exact) mass is 371 g/mol. The molecule has 3 rings (SSSR count). The number of para-hydroxylation sites is 2. The lowest BCUT2D eigenvalue weighted by atomic mass is 9.91. The molecule has 2 atom stereocenters. The standard InChI is InChI=1S/C9H10F2O2.C9H15NO.C2H6/c1-12-7-4-2-3-5-8(7)13-6-9(10)11;1-10-5-4-7-2-3-8(11)6-9(7)10;1-2/h2-5,9H,6H2,1H3;6-8,11H,2-5H2,1H3;1-2H3.